The molecule has 1 aliphatic carbocycles. The van der Waals surface area contributed by atoms with Crippen LogP contribution in [0.4, 0.5) is 4.39 Å². The lowest BCUT2D eigenvalue weighted by Gasteiger charge is -2.18. The average molecular weight is 237 g/mol. The Kier molecular flexibility index (Phi) is 4.13. The molecular formula is C14H20FNO. The second-order valence-electron chi connectivity index (χ2n) is 4.91. The monoisotopic (exact) mass is 237 g/mol. The number of hydrogen-bond acceptors (Lipinski definition) is 2. The van der Waals surface area contributed by atoms with Crippen molar-refractivity contribution in [2.75, 3.05) is 6.54 Å². The Balaban J connectivity index is 1.91. The molecule has 0 heterocycles. The van der Waals surface area contributed by atoms with Crippen molar-refractivity contribution in [1.29, 1.82) is 0 Å². The van der Waals surface area contributed by atoms with Gasteiger partial charge in [0.1, 0.15) is 5.82 Å². The number of rotatable bonds is 4. The minimum absolute atomic E-state index is 0.248. The lowest BCUT2D eigenvalue weighted by molar-refractivity contribution is 0.169. The Morgan fingerprint density at radius 1 is 1.41 bits per heavy atom. The third-order valence-electron chi connectivity index (χ3n) is 3.55. The van der Waals surface area contributed by atoms with Crippen molar-refractivity contribution in [1.82, 2.24) is 5.32 Å². The van der Waals surface area contributed by atoms with Gasteiger partial charge in [0.05, 0.1) is 6.10 Å². The Morgan fingerprint density at radius 2 is 2.12 bits per heavy atom. The maximum Gasteiger partial charge on any atom is 0.123 e. The van der Waals surface area contributed by atoms with Gasteiger partial charge in [-0.1, -0.05) is 18.9 Å². The molecule has 1 atom stereocenters. The summed E-state index contributed by atoms with van der Waals surface area (Å²) in [6.45, 7) is 2.38. The van der Waals surface area contributed by atoms with Gasteiger partial charge in [0, 0.05) is 12.6 Å². The molecule has 2 rings (SSSR count). The van der Waals surface area contributed by atoms with Crippen LogP contribution in [-0.2, 0) is 0 Å². The van der Waals surface area contributed by atoms with Gasteiger partial charge in [-0.15, -0.1) is 0 Å². The summed E-state index contributed by atoms with van der Waals surface area (Å²) in [5.41, 5.74) is 1.63. The van der Waals surface area contributed by atoms with E-state index in [0.29, 0.717) is 12.6 Å². The van der Waals surface area contributed by atoms with E-state index in [9.17, 15) is 9.50 Å². The van der Waals surface area contributed by atoms with Gasteiger partial charge in [0.2, 0.25) is 0 Å². The zero-order valence-corrected chi connectivity index (χ0v) is 10.2. The Bertz CT molecular complexity index is 374. The van der Waals surface area contributed by atoms with Crippen LogP contribution in [0.5, 0.6) is 0 Å². The molecule has 0 spiro atoms. The Labute approximate surface area is 102 Å². The molecule has 1 aromatic carbocycles. The van der Waals surface area contributed by atoms with Crippen LogP contribution in [0.3, 0.4) is 0 Å². The van der Waals surface area contributed by atoms with Crippen LogP contribution in [0.1, 0.15) is 42.9 Å². The topological polar surface area (TPSA) is 32.3 Å². The van der Waals surface area contributed by atoms with E-state index in [1.54, 1.807) is 6.07 Å². The fraction of sp³-hybridized carbons (Fsp3) is 0.571. The van der Waals surface area contributed by atoms with E-state index in [2.05, 4.69) is 5.32 Å². The predicted octanol–water partition coefficient (Wildman–Crippen LogP) is 2.70. The summed E-state index contributed by atoms with van der Waals surface area (Å²) in [6, 6.07) is 5.09. The maximum absolute atomic E-state index is 12.9. The van der Waals surface area contributed by atoms with Gasteiger partial charge in [-0.05, 0) is 43.0 Å². The Morgan fingerprint density at radius 3 is 2.76 bits per heavy atom. The van der Waals surface area contributed by atoms with Crippen molar-refractivity contribution in [2.45, 2.75) is 44.8 Å². The van der Waals surface area contributed by atoms with Gasteiger partial charge in [0.15, 0.2) is 0 Å². The maximum atomic E-state index is 12.9. The van der Waals surface area contributed by atoms with Crippen LogP contribution in [0.15, 0.2) is 18.2 Å². The highest BCUT2D eigenvalue weighted by atomic mass is 19.1. The number of nitrogens with one attached hydrogen (secondary N) is 1. The van der Waals surface area contributed by atoms with E-state index in [-0.39, 0.29) is 5.82 Å². The zero-order chi connectivity index (χ0) is 12.3. The minimum atomic E-state index is -0.545. The zero-order valence-electron chi connectivity index (χ0n) is 10.2. The summed E-state index contributed by atoms with van der Waals surface area (Å²) in [7, 11) is 0. The fourth-order valence-corrected chi connectivity index (χ4v) is 2.53. The summed E-state index contributed by atoms with van der Waals surface area (Å²) in [4.78, 5) is 0. The molecule has 2 nitrogen and oxygen atoms in total. The van der Waals surface area contributed by atoms with Crippen LogP contribution < -0.4 is 5.32 Å². The standard InChI is InChI=1S/C14H20FNO/c1-10-8-11(15)6-7-13(10)14(17)9-16-12-4-2-3-5-12/h6-8,12,14,16-17H,2-5,9H2,1H3. The third kappa shape index (κ3) is 3.27. The molecule has 1 fully saturated rings. The predicted molar refractivity (Wildman–Crippen MR) is 66.4 cm³/mol. The van der Waals surface area contributed by atoms with Gasteiger partial charge < -0.3 is 10.4 Å². The number of aliphatic hydroxyl groups is 1. The first kappa shape index (κ1) is 12.5. The minimum Gasteiger partial charge on any atom is -0.387 e. The number of halogens is 1. The number of aliphatic hydroxyl groups excluding tert-OH is 1. The molecule has 3 heteroatoms. The quantitative estimate of drug-likeness (QED) is 0.844. The number of aryl methyl sites for hydroxylation is 1. The summed E-state index contributed by atoms with van der Waals surface area (Å²) in [5, 5.41) is 13.4. The van der Waals surface area contributed by atoms with Crippen molar-refractivity contribution >= 4 is 0 Å². The normalized spacial score (nSPS) is 18.5. The molecule has 1 aromatic rings. The molecule has 2 N–H and O–H groups in total. The Hall–Kier alpha value is -0.930. The highest BCUT2D eigenvalue weighted by Gasteiger charge is 2.17. The van der Waals surface area contributed by atoms with Crippen LogP contribution in [0.2, 0.25) is 0 Å². The van der Waals surface area contributed by atoms with Gasteiger partial charge in [-0.3, -0.25) is 0 Å². The summed E-state index contributed by atoms with van der Waals surface area (Å²) in [6.07, 6.45) is 4.42. The molecule has 0 aliphatic heterocycles. The van der Waals surface area contributed by atoms with Crippen LogP contribution in [0.25, 0.3) is 0 Å². The molecule has 0 bridgehead atoms. The lowest BCUT2D eigenvalue weighted by atomic mass is 10.0. The molecule has 1 saturated carbocycles. The number of hydrogen-bond donors (Lipinski definition) is 2. The average Bonchev–Trinajstić information content (AvgIpc) is 2.78. The lowest BCUT2D eigenvalue weighted by Crippen LogP contribution is -2.30. The van der Waals surface area contributed by atoms with Gasteiger partial charge in [0.25, 0.3) is 0 Å². The van der Waals surface area contributed by atoms with Gasteiger partial charge in [-0.25, -0.2) is 4.39 Å². The van der Waals surface area contributed by atoms with Crippen molar-refractivity contribution in [2.24, 2.45) is 0 Å². The largest absolute Gasteiger partial charge is 0.387 e. The van der Waals surface area contributed by atoms with E-state index < -0.39 is 6.10 Å². The van der Waals surface area contributed by atoms with Crippen molar-refractivity contribution in [3.05, 3.63) is 35.1 Å². The molecular weight excluding hydrogens is 217 g/mol. The van der Waals surface area contributed by atoms with E-state index >= 15 is 0 Å². The first-order chi connectivity index (χ1) is 8.16. The summed E-state index contributed by atoms with van der Waals surface area (Å²) < 4.78 is 12.9. The fourth-order valence-electron chi connectivity index (χ4n) is 2.53. The molecule has 1 aliphatic rings. The molecule has 94 valence electrons. The molecule has 0 amide bonds. The van der Waals surface area contributed by atoms with Crippen molar-refractivity contribution in [3.63, 3.8) is 0 Å². The van der Waals surface area contributed by atoms with Gasteiger partial charge in [-0.2, -0.15) is 0 Å². The second kappa shape index (κ2) is 5.61. The van der Waals surface area contributed by atoms with E-state index in [0.717, 1.165) is 11.1 Å². The van der Waals surface area contributed by atoms with E-state index in [1.807, 2.05) is 6.92 Å². The van der Waals surface area contributed by atoms with Crippen molar-refractivity contribution in [3.8, 4) is 0 Å². The van der Waals surface area contributed by atoms with Crippen molar-refractivity contribution < 1.29 is 9.50 Å². The molecule has 17 heavy (non-hydrogen) atoms. The van der Waals surface area contributed by atoms with Gasteiger partial charge >= 0.3 is 0 Å². The van der Waals surface area contributed by atoms with Crippen LogP contribution in [0, 0.1) is 12.7 Å². The number of benzene rings is 1. The first-order valence-corrected chi connectivity index (χ1v) is 6.34. The van der Waals surface area contributed by atoms with E-state index in [1.165, 1.54) is 37.8 Å². The first-order valence-electron chi connectivity index (χ1n) is 6.34. The smallest absolute Gasteiger partial charge is 0.123 e. The molecule has 0 aromatic heterocycles. The highest BCUT2D eigenvalue weighted by Crippen LogP contribution is 2.21. The van der Waals surface area contributed by atoms with E-state index in [4.69, 9.17) is 0 Å². The SMILES string of the molecule is Cc1cc(F)ccc1C(O)CNC1CCCC1. The molecule has 1 unspecified atom stereocenters. The highest BCUT2D eigenvalue weighted by molar-refractivity contribution is 5.28. The molecule has 0 saturated heterocycles. The van der Waals surface area contributed by atoms with Crippen LogP contribution >= 0.6 is 0 Å². The summed E-state index contributed by atoms with van der Waals surface area (Å²) in [5.74, 6) is -0.248. The van der Waals surface area contributed by atoms with Crippen LogP contribution in [-0.4, -0.2) is 17.7 Å². The molecule has 0 radical (unpaired) electrons. The second-order valence-corrected chi connectivity index (χ2v) is 4.91. The third-order valence-corrected chi connectivity index (χ3v) is 3.55. The summed E-state index contributed by atoms with van der Waals surface area (Å²) >= 11 is 0.